The molecule has 17 heavy (non-hydrogen) atoms. The van der Waals surface area contributed by atoms with Crippen molar-refractivity contribution < 1.29 is 4.74 Å². The first-order chi connectivity index (χ1) is 8.22. The van der Waals surface area contributed by atoms with Crippen LogP contribution in [0.4, 0.5) is 0 Å². The second kappa shape index (κ2) is 7.70. The zero-order chi connectivity index (χ0) is 12.7. The molecule has 0 aromatic heterocycles. The lowest BCUT2D eigenvalue weighted by atomic mass is 9.98. The Kier molecular flexibility index (Phi) is 6.56. The number of hydrogen-bond acceptors (Lipinski definition) is 2. The van der Waals surface area contributed by atoms with E-state index < -0.39 is 0 Å². The third kappa shape index (κ3) is 4.30. The Labute approximate surface area is 109 Å². The van der Waals surface area contributed by atoms with Crippen molar-refractivity contribution in [1.29, 1.82) is 0 Å². The fourth-order valence-corrected chi connectivity index (χ4v) is 2.21. The molecule has 2 unspecified atom stereocenters. The van der Waals surface area contributed by atoms with Crippen molar-refractivity contribution in [1.82, 2.24) is 5.32 Å². The maximum atomic E-state index is 5.91. The third-order valence-corrected chi connectivity index (χ3v) is 3.12. The van der Waals surface area contributed by atoms with Gasteiger partial charge in [-0.2, -0.15) is 0 Å². The molecule has 0 fully saturated rings. The van der Waals surface area contributed by atoms with Gasteiger partial charge in [0.25, 0.3) is 0 Å². The molecule has 1 rings (SSSR count). The Hall–Kier alpha value is -0.570. The first-order valence-electron chi connectivity index (χ1n) is 6.27. The highest BCUT2D eigenvalue weighted by molar-refractivity contribution is 6.30. The van der Waals surface area contributed by atoms with Gasteiger partial charge in [-0.25, -0.2) is 0 Å². The molecule has 0 heterocycles. The predicted molar refractivity (Wildman–Crippen MR) is 73.6 cm³/mol. The predicted octanol–water partition coefficient (Wildman–Crippen LogP) is 3.81. The van der Waals surface area contributed by atoms with E-state index in [4.69, 9.17) is 16.3 Å². The minimum atomic E-state index is 0.219. The third-order valence-electron chi connectivity index (χ3n) is 2.87. The van der Waals surface area contributed by atoms with Gasteiger partial charge in [0.15, 0.2) is 0 Å². The van der Waals surface area contributed by atoms with Gasteiger partial charge in [0.2, 0.25) is 0 Å². The number of halogens is 1. The number of hydrogen-bond donors (Lipinski definition) is 1. The van der Waals surface area contributed by atoms with E-state index in [0.717, 1.165) is 24.5 Å². The zero-order valence-electron chi connectivity index (χ0n) is 10.9. The Bertz CT molecular complexity index is 307. The highest BCUT2D eigenvalue weighted by Crippen LogP contribution is 2.23. The van der Waals surface area contributed by atoms with E-state index in [-0.39, 0.29) is 12.1 Å². The van der Waals surface area contributed by atoms with Crippen LogP contribution < -0.4 is 5.32 Å². The van der Waals surface area contributed by atoms with Crippen LogP contribution in [0.1, 0.15) is 38.3 Å². The van der Waals surface area contributed by atoms with Crippen molar-refractivity contribution in [3.63, 3.8) is 0 Å². The maximum absolute atomic E-state index is 5.91. The molecule has 1 N–H and O–H groups in total. The van der Waals surface area contributed by atoms with E-state index >= 15 is 0 Å². The maximum Gasteiger partial charge on any atom is 0.0769 e. The molecular weight excluding hydrogens is 234 g/mol. The molecule has 2 nitrogen and oxygen atoms in total. The van der Waals surface area contributed by atoms with Crippen LogP contribution in [0.2, 0.25) is 5.02 Å². The molecule has 2 atom stereocenters. The minimum Gasteiger partial charge on any atom is -0.377 e. The molecule has 0 saturated carbocycles. The first kappa shape index (κ1) is 14.5. The molecule has 3 heteroatoms. The lowest BCUT2D eigenvalue weighted by molar-refractivity contribution is 0.0295. The SMILES string of the molecule is CCCC(OCC)C(NC)c1ccc(Cl)cc1. The Morgan fingerprint density at radius 2 is 1.88 bits per heavy atom. The van der Waals surface area contributed by atoms with Gasteiger partial charge in [0.05, 0.1) is 12.1 Å². The number of nitrogens with one attached hydrogen (secondary N) is 1. The van der Waals surface area contributed by atoms with Crippen LogP contribution in [-0.4, -0.2) is 19.8 Å². The van der Waals surface area contributed by atoms with E-state index in [9.17, 15) is 0 Å². The van der Waals surface area contributed by atoms with Crippen molar-refractivity contribution in [2.24, 2.45) is 0 Å². The summed E-state index contributed by atoms with van der Waals surface area (Å²) in [6.45, 7) is 4.97. The van der Waals surface area contributed by atoms with Gasteiger partial charge in [0, 0.05) is 11.6 Å². The second-order valence-electron chi connectivity index (χ2n) is 4.10. The average molecular weight is 256 g/mol. The molecule has 0 spiro atoms. The molecule has 0 amide bonds. The molecule has 0 saturated heterocycles. The summed E-state index contributed by atoms with van der Waals surface area (Å²) in [4.78, 5) is 0. The summed E-state index contributed by atoms with van der Waals surface area (Å²) in [6, 6.07) is 8.20. The Morgan fingerprint density at radius 3 is 2.35 bits per heavy atom. The molecule has 1 aromatic rings. The molecule has 0 radical (unpaired) electrons. The van der Waals surface area contributed by atoms with Crippen molar-refractivity contribution in [3.8, 4) is 0 Å². The normalized spacial score (nSPS) is 14.6. The summed E-state index contributed by atoms with van der Waals surface area (Å²) in [6.07, 6.45) is 2.40. The van der Waals surface area contributed by atoms with Crippen LogP contribution in [0.3, 0.4) is 0 Å². The van der Waals surface area contributed by atoms with Crippen molar-refractivity contribution in [2.75, 3.05) is 13.7 Å². The summed E-state index contributed by atoms with van der Waals surface area (Å²) in [5.41, 5.74) is 1.23. The van der Waals surface area contributed by atoms with Gasteiger partial charge >= 0.3 is 0 Å². The van der Waals surface area contributed by atoms with Crippen LogP contribution >= 0.6 is 11.6 Å². The molecule has 0 bridgehead atoms. The fourth-order valence-electron chi connectivity index (χ4n) is 2.08. The van der Waals surface area contributed by atoms with Gasteiger partial charge in [-0.15, -0.1) is 0 Å². The standard InChI is InChI=1S/C14H22ClNO/c1-4-6-13(17-5-2)14(16-3)11-7-9-12(15)10-8-11/h7-10,13-14,16H,4-6H2,1-3H3. The monoisotopic (exact) mass is 255 g/mol. The largest absolute Gasteiger partial charge is 0.377 e. The fraction of sp³-hybridized carbons (Fsp3) is 0.571. The lowest BCUT2D eigenvalue weighted by Gasteiger charge is -2.27. The lowest BCUT2D eigenvalue weighted by Crippen LogP contribution is -2.31. The number of ether oxygens (including phenoxy) is 1. The van der Waals surface area contributed by atoms with Crippen LogP contribution in [0.15, 0.2) is 24.3 Å². The van der Waals surface area contributed by atoms with E-state index in [1.165, 1.54) is 5.56 Å². The zero-order valence-corrected chi connectivity index (χ0v) is 11.6. The van der Waals surface area contributed by atoms with Gasteiger partial charge in [-0.3, -0.25) is 0 Å². The Morgan fingerprint density at radius 1 is 1.24 bits per heavy atom. The summed E-state index contributed by atoms with van der Waals surface area (Å²) in [5, 5.41) is 4.11. The summed E-state index contributed by atoms with van der Waals surface area (Å²) >= 11 is 5.91. The van der Waals surface area contributed by atoms with Crippen molar-refractivity contribution in [3.05, 3.63) is 34.9 Å². The number of benzene rings is 1. The molecule has 0 aliphatic rings. The highest BCUT2D eigenvalue weighted by Gasteiger charge is 2.21. The quantitative estimate of drug-likeness (QED) is 0.800. The van der Waals surface area contributed by atoms with Crippen LogP contribution in [0.25, 0.3) is 0 Å². The molecule has 0 aliphatic carbocycles. The Balaban J connectivity index is 2.83. The number of likely N-dealkylation sites (N-methyl/N-ethyl adjacent to an activating group) is 1. The van der Waals surface area contributed by atoms with E-state index in [1.807, 2.05) is 26.1 Å². The van der Waals surface area contributed by atoms with Gasteiger partial charge < -0.3 is 10.1 Å². The van der Waals surface area contributed by atoms with Crippen LogP contribution in [0.5, 0.6) is 0 Å². The summed E-state index contributed by atoms with van der Waals surface area (Å²) < 4.78 is 5.82. The van der Waals surface area contributed by atoms with Crippen LogP contribution in [-0.2, 0) is 4.74 Å². The summed E-state index contributed by atoms with van der Waals surface area (Å²) in [5.74, 6) is 0. The molecule has 96 valence electrons. The molecular formula is C14H22ClNO. The smallest absolute Gasteiger partial charge is 0.0769 e. The molecule has 0 aliphatic heterocycles. The second-order valence-corrected chi connectivity index (χ2v) is 4.54. The van der Waals surface area contributed by atoms with Gasteiger partial charge in [-0.1, -0.05) is 37.1 Å². The highest BCUT2D eigenvalue weighted by atomic mass is 35.5. The molecule has 1 aromatic carbocycles. The van der Waals surface area contributed by atoms with E-state index in [0.29, 0.717) is 0 Å². The van der Waals surface area contributed by atoms with E-state index in [2.05, 4.69) is 24.4 Å². The van der Waals surface area contributed by atoms with Gasteiger partial charge in [-0.05, 0) is 38.1 Å². The summed E-state index contributed by atoms with van der Waals surface area (Å²) in [7, 11) is 1.97. The van der Waals surface area contributed by atoms with Gasteiger partial charge in [0.1, 0.15) is 0 Å². The first-order valence-corrected chi connectivity index (χ1v) is 6.65. The van der Waals surface area contributed by atoms with Crippen molar-refractivity contribution in [2.45, 2.75) is 38.8 Å². The van der Waals surface area contributed by atoms with E-state index in [1.54, 1.807) is 0 Å². The number of rotatable bonds is 7. The van der Waals surface area contributed by atoms with Crippen molar-refractivity contribution >= 4 is 11.6 Å². The minimum absolute atomic E-state index is 0.219. The average Bonchev–Trinajstić information content (AvgIpc) is 2.33. The van der Waals surface area contributed by atoms with Crippen LogP contribution in [0, 0.1) is 0 Å². The topological polar surface area (TPSA) is 21.3 Å².